The van der Waals surface area contributed by atoms with Gasteiger partial charge < -0.3 is 10.4 Å². The van der Waals surface area contributed by atoms with E-state index in [1.807, 2.05) is 42.5 Å². The fourth-order valence-electron chi connectivity index (χ4n) is 1.94. The maximum atomic E-state index is 10.9. The zero-order valence-corrected chi connectivity index (χ0v) is 10.4. The first-order chi connectivity index (χ1) is 9.72. The van der Waals surface area contributed by atoms with E-state index in [1.54, 1.807) is 0 Å². The molecule has 3 rings (SSSR count). The maximum absolute atomic E-state index is 10.9. The Kier molecular flexibility index (Phi) is 3.01. The summed E-state index contributed by atoms with van der Waals surface area (Å²) in [5, 5.41) is 14.2. The molecule has 0 saturated heterocycles. The van der Waals surface area contributed by atoms with Crippen LogP contribution in [0.25, 0.3) is 10.8 Å². The monoisotopic (exact) mass is 265 g/mol. The van der Waals surface area contributed by atoms with Gasteiger partial charge in [-0.3, -0.25) is 4.98 Å². The van der Waals surface area contributed by atoms with Crippen LogP contribution in [0.4, 0.5) is 11.5 Å². The first-order valence-corrected chi connectivity index (χ1v) is 6.03. The van der Waals surface area contributed by atoms with Crippen LogP contribution in [0.1, 0.15) is 10.5 Å². The molecule has 0 spiro atoms. The number of rotatable bonds is 3. The molecule has 20 heavy (non-hydrogen) atoms. The standard InChI is InChI=1S/C15H11N3O2/c19-15(20)13-8-16-9-14(18-13)17-12-6-5-10-3-1-2-4-11(10)7-12/h1-9H,(H,17,18)(H,19,20). The Morgan fingerprint density at radius 2 is 1.85 bits per heavy atom. The second-order valence-corrected chi connectivity index (χ2v) is 4.28. The molecule has 2 N–H and O–H groups in total. The number of anilines is 2. The van der Waals surface area contributed by atoms with Gasteiger partial charge in [0.05, 0.1) is 12.4 Å². The van der Waals surface area contributed by atoms with E-state index in [1.165, 1.54) is 12.4 Å². The van der Waals surface area contributed by atoms with Crippen LogP contribution >= 0.6 is 0 Å². The number of hydrogen-bond donors (Lipinski definition) is 2. The van der Waals surface area contributed by atoms with Gasteiger partial charge in [0.1, 0.15) is 5.82 Å². The summed E-state index contributed by atoms with van der Waals surface area (Å²) in [5.74, 6) is -0.695. The molecule has 0 fully saturated rings. The SMILES string of the molecule is O=C(O)c1cncc(Nc2ccc3ccccc3c2)n1. The van der Waals surface area contributed by atoms with Crippen LogP contribution in [0, 0.1) is 0 Å². The highest BCUT2D eigenvalue weighted by Crippen LogP contribution is 2.21. The normalized spacial score (nSPS) is 10.4. The fourth-order valence-corrected chi connectivity index (χ4v) is 1.94. The van der Waals surface area contributed by atoms with Crippen molar-refractivity contribution in [1.29, 1.82) is 0 Å². The summed E-state index contributed by atoms with van der Waals surface area (Å²) in [6, 6.07) is 13.9. The lowest BCUT2D eigenvalue weighted by molar-refractivity contribution is 0.0690. The van der Waals surface area contributed by atoms with Crippen LogP contribution in [0.5, 0.6) is 0 Å². The summed E-state index contributed by atoms with van der Waals surface area (Å²) in [6.07, 6.45) is 2.70. The zero-order valence-electron chi connectivity index (χ0n) is 10.4. The molecule has 0 aliphatic rings. The first-order valence-electron chi connectivity index (χ1n) is 6.03. The van der Waals surface area contributed by atoms with Crippen molar-refractivity contribution in [3.8, 4) is 0 Å². The number of nitrogens with zero attached hydrogens (tertiary/aromatic N) is 2. The quantitative estimate of drug-likeness (QED) is 0.761. The summed E-state index contributed by atoms with van der Waals surface area (Å²) in [4.78, 5) is 18.7. The van der Waals surface area contributed by atoms with Gasteiger partial charge in [0, 0.05) is 5.69 Å². The molecule has 0 aliphatic heterocycles. The van der Waals surface area contributed by atoms with Gasteiger partial charge in [-0.15, -0.1) is 0 Å². The van der Waals surface area contributed by atoms with Crippen LogP contribution < -0.4 is 5.32 Å². The first kappa shape index (κ1) is 12.1. The lowest BCUT2D eigenvalue weighted by atomic mass is 10.1. The number of carbonyl (C=O) groups is 1. The van der Waals surface area contributed by atoms with Crippen LogP contribution in [0.2, 0.25) is 0 Å². The van der Waals surface area contributed by atoms with E-state index in [4.69, 9.17) is 5.11 Å². The van der Waals surface area contributed by atoms with Gasteiger partial charge in [-0.2, -0.15) is 0 Å². The van der Waals surface area contributed by atoms with Gasteiger partial charge in [0.25, 0.3) is 0 Å². The third-order valence-electron chi connectivity index (χ3n) is 2.88. The molecule has 5 heteroatoms. The number of aromatic carboxylic acids is 1. The number of carboxylic acids is 1. The molecule has 0 atom stereocenters. The minimum Gasteiger partial charge on any atom is -0.476 e. The van der Waals surface area contributed by atoms with Gasteiger partial charge in [-0.25, -0.2) is 9.78 Å². The summed E-state index contributed by atoms with van der Waals surface area (Å²) in [5.41, 5.74) is 0.747. The Labute approximate surface area is 114 Å². The smallest absolute Gasteiger partial charge is 0.356 e. The molecule has 2 aromatic carbocycles. The third kappa shape index (κ3) is 2.42. The van der Waals surface area contributed by atoms with Gasteiger partial charge in [-0.1, -0.05) is 30.3 Å². The molecule has 0 radical (unpaired) electrons. The van der Waals surface area contributed by atoms with Crippen LogP contribution in [0.15, 0.2) is 54.9 Å². The molecular formula is C15H11N3O2. The van der Waals surface area contributed by atoms with E-state index in [-0.39, 0.29) is 5.69 Å². The molecule has 1 heterocycles. The van der Waals surface area contributed by atoms with E-state index >= 15 is 0 Å². The molecule has 0 saturated carbocycles. The summed E-state index contributed by atoms with van der Waals surface area (Å²) in [7, 11) is 0. The molecule has 0 aliphatic carbocycles. The number of benzene rings is 2. The molecule has 98 valence electrons. The number of fused-ring (bicyclic) bond motifs is 1. The van der Waals surface area contributed by atoms with Crippen molar-refractivity contribution < 1.29 is 9.90 Å². The van der Waals surface area contributed by atoms with Crippen molar-refractivity contribution in [3.63, 3.8) is 0 Å². The fraction of sp³-hybridized carbons (Fsp3) is 0. The van der Waals surface area contributed by atoms with E-state index in [2.05, 4.69) is 15.3 Å². The van der Waals surface area contributed by atoms with Crippen LogP contribution in [-0.4, -0.2) is 21.0 Å². The number of hydrogen-bond acceptors (Lipinski definition) is 4. The summed E-state index contributed by atoms with van der Waals surface area (Å²) < 4.78 is 0. The van der Waals surface area contributed by atoms with Crippen LogP contribution in [-0.2, 0) is 0 Å². The Hall–Kier alpha value is -2.95. The van der Waals surface area contributed by atoms with Crippen molar-refractivity contribution >= 4 is 28.2 Å². The average molecular weight is 265 g/mol. The van der Waals surface area contributed by atoms with Gasteiger partial charge in [-0.05, 0) is 22.9 Å². The van der Waals surface area contributed by atoms with Crippen molar-refractivity contribution in [2.75, 3.05) is 5.32 Å². The Bertz CT molecular complexity index is 787. The molecular weight excluding hydrogens is 254 g/mol. The second-order valence-electron chi connectivity index (χ2n) is 4.28. The van der Waals surface area contributed by atoms with E-state index in [0.29, 0.717) is 5.82 Å². The number of nitrogens with one attached hydrogen (secondary N) is 1. The molecule has 0 unspecified atom stereocenters. The molecule has 5 nitrogen and oxygen atoms in total. The predicted octanol–water partition coefficient (Wildman–Crippen LogP) is 3.07. The average Bonchev–Trinajstić information content (AvgIpc) is 2.47. The third-order valence-corrected chi connectivity index (χ3v) is 2.88. The minimum atomic E-state index is -1.10. The number of carboxylic acid groups (broad SMARTS) is 1. The number of aromatic nitrogens is 2. The van der Waals surface area contributed by atoms with E-state index < -0.39 is 5.97 Å². The largest absolute Gasteiger partial charge is 0.476 e. The van der Waals surface area contributed by atoms with E-state index in [9.17, 15) is 4.79 Å². The molecule has 0 amide bonds. The lowest BCUT2D eigenvalue weighted by Gasteiger charge is -2.07. The van der Waals surface area contributed by atoms with Crippen LogP contribution in [0.3, 0.4) is 0 Å². The van der Waals surface area contributed by atoms with Crippen molar-refractivity contribution in [1.82, 2.24) is 9.97 Å². The highest BCUT2D eigenvalue weighted by Gasteiger charge is 2.06. The van der Waals surface area contributed by atoms with Crippen molar-refractivity contribution in [3.05, 3.63) is 60.6 Å². The second kappa shape index (κ2) is 4.97. The van der Waals surface area contributed by atoms with E-state index in [0.717, 1.165) is 16.5 Å². The summed E-state index contributed by atoms with van der Waals surface area (Å²) in [6.45, 7) is 0. The zero-order chi connectivity index (χ0) is 13.9. The van der Waals surface area contributed by atoms with Gasteiger partial charge in [0.15, 0.2) is 5.69 Å². The lowest BCUT2D eigenvalue weighted by Crippen LogP contribution is -2.03. The predicted molar refractivity (Wildman–Crippen MR) is 76.2 cm³/mol. The molecule has 3 aromatic rings. The Balaban J connectivity index is 1.92. The van der Waals surface area contributed by atoms with Gasteiger partial charge in [0.2, 0.25) is 0 Å². The van der Waals surface area contributed by atoms with Gasteiger partial charge >= 0.3 is 5.97 Å². The minimum absolute atomic E-state index is 0.0872. The Morgan fingerprint density at radius 3 is 2.65 bits per heavy atom. The highest BCUT2D eigenvalue weighted by atomic mass is 16.4. The van der Waals surface area contributed by atoms with Crippen molar-refractivity contribution in [2.45, 2.75) is 0 Å². The molecule has 0 bridgehead atoms. The topological polar surface area (TPSA) is 75.1 Å². The molecule has 1 aromatic heterocycles. The maximum Gasteiger partial charge on any atom is 0.356 e. The highest BCUT2D eigenvalue weighted by molar-refractivity contribution is 5.87. The van der Waals surface area contributed by atoms with Crippen molar-refractivity contribution in [2.24, 2.45) is 0 Å². The summed E-state index contributed by atoms with van der Waals surface area (Å²) >= 11 is 0. The Morgan fingerprint density at radius 1 is 1.05 bits per heavy atom.